The van der Waals surface area contributed by atoms with Gasteiger partial charge in [-0.3, -0.25) is 4.79 Å². The minimum Gasteiger partial charge on any atom is -0.481 e. The van der Waals surface area contributed by atoms with Crippen molar-refractivity contribution in [3.8, 4) is 0 Å². The summed E-state index contributed by atoms with van der Waals surface area (Å²) in [6.45, 7) is 0. The molecule has 0 amide bonds. The van der Waals surface area contributed by atoms with Crippen LogP contribution in [0.3, 0.4) is 0 Å². The Morgan fingerprint density at radius 1 is 1.17 bits per heavy atom. The van der Waals surface area contributed by atoms with E-state index in [1.54, 1.807) is 0 Å². The first-order chi connectivity index (χ1) is 8.24. The fourth-order valence-corrected chi connectivity index (χ4v) is 5.31. The van der Waals surface area contributed by atoms with E-state index in [0.717, 1.165) is 6.42 Å². The van der Waals surface area contributed by atoms with Crippen LogP contribution in [0.15, 0.2) is 0 Å². The zero-order chi connectivity index (χ0) is 13.2. The topological polar surface area (TPSA) is 37.3 Å². The number of aliphatic carboxylic acids is 1. The fourth-order valence-electron chi connectivity index (χ4n) is 5.31. The van der Waals surface area contributed by atoms with Crippen LogP contribution < -0.4 is 0 Å². The monoisotopic (exact) mass is 262 g/mol. The molecule has 2 atom stereocenters. The summed E-state index contributed by atoms with van der Waals surface area (Å²) in [6, 6.07) is 0. The van der Waals surface area contributed by atoms with E-state index in [1.807, 2.05) is 0 Å². The lowest BCUT2D eigenvalue weighted by Crippen LogP contribution is -2.57. The molecule has 1 N–H and O–H groups in total. The molecule has 4 fully saturated rings. The van der Waals surface area contributed by atoms with Crippen molar-refractivity contribution in [2.45, 2.75) is 51.1 Å². The van der Waals surface area contributed by atoms with Gasteiger partial charge < -0.3 is 5.11 Å². The molecule has 0 saturated heterocycles. The number of rotatable bonds is 2. The van der Waals surface area contributed by atoms with Gasteiger partial charge in [0.1, 0.15) is 0 Å². The van der Waals surface area contributed by atoms with Crippen LogP contribution in [-0.4, -0.2) is 17.3 Å². The maximum atomic E-state index is 13.4. The van der Waals surface area contributed by atoms with Gasteiger partial charge in [-0.1, -0.05) is 0 Å². The van der Waals surface area contributed by atoms with Crippen LogP contribution in [0.5, 0.6) is 0 Å². The first-order valence-corrected chi connectivity index (χ1v) is 6.52. The van der Waals surface area contributed by atoms with Crippen LogP contribution in [0.25, 0.3) is 0 Å². The number of halogens is 3. The van der Waals surface area contributed by atoms with Crippen LogP contribution in [0, 0.1) is 22.7 Å². The Morgan fingerprint density at radius 3 is 2.17 bits per heavy atom. The van der Waals surface area contributed by atoms with Crippen molar-refractivity contribution in [1.82, 2.24) is 0 Å². The summed E-state index contributed by atoms with van der Waals surface area (Å²) < 4.78 is 40.1. The van der Waals surface area contributed by atoms with Crippen molar-refractivity contribution in [1.29, 1.82) is 0 Å². The van der Waals surface area contributed by atoms with E-state index >= 15 is 0 Å². The Morgan fingerprint density at radius 2 is 1.72 bits per heavy atom. The first-order valence-electron chi connectivity index (χ1n) is 6.52. The molecule has 102 valence electrons. The number of carbonyl (C=O) groups is 1. The fraction of sp³-hybridized carbons (Fsp3) is 0.923. The van der Waals surface area contributed by atoms with E-state index in [2.05, 4.69) is 0 Å². The Balaban J connectivity index is 1.95. The summed E-state index contributed by atoms with van der Waals surface area (Å²) in [6.07, 6.45) is -1.50. The molecule has 5 heteroatoms. The molecule has 4 aliphatic carbocycles. The molecule has 0 aliphatic heterocycles. The highest BCUT2D eigenvalue weighted by atomic mass is 19.4. The first kappa shape index (κ1) is 12.3. The highest BCUT2D eigenvalue weighted by molar-refractivity contribution is 5.67. The normalized spacial score (nSPS) is 46.4. The lowest BCUT2D eigenvalue weighted by atomic mass is 9.43. The number of carboxylic acid groups (broad SMARTS) is 1. The highest BCUT2D eigenvalue weighted by Gasteiger charge is 2.67. The highest BCUT2D eigenvalue weighted by Crippen LogP contribution is 2.70. The Kier molecular flexibility index (Phi) is 2.34. The maximum Gasteiger partial charge on any atom is 0.394 e. The standard InChI is InChI=1S/C13H17F3O2/c14-13(15,16)12-4-8-1-9(5-12)3-11(2-8,7-12)6-10(17)18/h8-9H,1-7H2,(H,17,18)/t8-,9-,11?,12?/m0/s1. The van der Waals surface area contributed by atoms with Crippen LogP contribution in [-0.2, 0) is 4.79 Å². The summed E-state index contributed by atoms with van der Waals surface area (Å²) in [5.41, 5.74) is -2.15. The third-order valence-corrected chi connectivity index (χ3v) is 5.31. The van der Waals surface area contributed by atoms with E-state index in [1.165, 1.54) is 0 Å². The van der Waals surface area contributed by atoms with Crippen molar-refractivity contribution in [2.75, 3.05) is 0 Å². The van der Waals surface area contributed by atoms with Crippen LogP contribution >= 0.6 is 0 Å². The molecule has 4 bridgehead atoms. The second kappa shape index (κ2) is 3.42. The maximum absolute atomic E-state index is 13.4. The van der Waals surface area contributed by atoms with Gasteiger partial charge in [0.15, 0.2) is 0 Å². The molecular formula is C13H17F3O2. The lowest BCUT2D eigenvalue weighted by molar-refractivity contribution is -0.287. The summed E-state index contributed by atoms with van der Waals surface area (Å²) >= 11 is 0. The van der Waals surface area contributed by atoms with Gasteiger partial charge in [-0.15, -0.1) is 0 Å². The average Bonchev–Trinajstić information content (AvgIpc) is 2.10. The molecular weight excluding hydrogens is 245 g/mol. The summed E-state index contributed by atoms with van der Waals surface area (Å²) in [7, 11) is 0. The zero-order valence-electron chi connectivity index (χ0n) is 10.1. The van der Waals surface area contributed by atoms with Gasteiger partial charge in [0.2, 0.25) is 0 Å². The number of alkyl halides is 3. The van der Waals surface area contributed by atoms with E-state index in [0.29, 0.717) is 12.8 Å². The molecule has 4 saturated carbocycles. The van der Waals surface area contributed by atoms with Crippen molar-refractivity contribution in [3.05, 3.63) is 0 Å². The molecule has 0 heterocycles. The Labute approximate surface area is 104 Å². The molecule has 2 nitrogen and oxygen atoms in total. The van der Waals surface area contributed by atoms with Gasteiger partial charge in [0.05, 0.1) is 11.8 Å². The molecule has 4 aliphatic rings. The Hall–Kier alpha value is -0.740. The third kappa shape index (κ3) is 1.66. The SMILES string of the molecule is O=C(O)CC12C[C@@H]3C[C@@H](C1)CC(C(F)(F)F)(C3)C2. The average molecular weight is 262 g/mol. The van der Waals surface area contributed by atoms with Crippen molar-refractivity contribution in [2.24, 2.45) is 22.7 Å². The van der Waals surface area contributed by atoms with E-state index < -0.39 is 23.0 Å². The molecule has 0 spiro atoms. The minimum absolute atomic E-state index is 0.0444. The second-order valence-corrected chi connectivity index (χ2v) is 6.81. The van der Waals surface area contributed by atoms with Crippen molar-refractivity contribution in [3.63, 3.8) is 0 Å². The van der Waals surface area contributed by atoms with Crippen molar-refractivity contribution < 1.29 is 23.1 Å². The third-order valence-electron chi connectivity index (χ3n) is 5.31. The predicted molar refractivity (Wildman–Crippen MR) is 57.9 cm³/mol. The van der Waals surface area contributed by atoms with Gasteiger partial charge in [0.25, 0.3) is 0 Å². The van der Waals surface area contributed by atoms with Crippen molar-refractivity contribution >= 4 is 5.97 Å². The van der Waals surface area contributed by atoms with Gasteiger partial charge in [-0.05, 0) is 55.8 Å². The molecule has 18 heavy (non-hydrogen) atoms. The summed E-state index contributed by atoms with van der Waals surface area (Å²) in [4.78, 5) is 11.0. The summed E-state index contributed by atoms with van der Waals surface area (Å²) in [5, 5.41) is 8.98. The van der Waals surface area contributed by atoms with Gasteiger partial charge in [0, 0.05) is 0 Å². The van der Waals surface area contributed by atoms with Gasteiger partial charge in [-0.2, -0.15) is 13.2 Å². The van der Waals surface area contributed by atoms with E-state index in [4.69, 9.17) is 5.11 Å². The van der Waals surface area contributed by atoms with Crippen LogP contribution in [0.1, 0.15) is 44.9 Å². The summed E-state index contributed by atoms with van der Waals surface area (Å²) in [5.74, 6) is -0.770. The molecule has 0 aromatic heterocycles. The number of hydrogen-bond acceptors (Lipinski definition) is 1. The van der Waals surface area contributed by atoms with Crippen LogP contribution in [0.4, 0.5) is 13.2 Å². The molecule has 0 unspecified atom stereocenters. The largest absolute Gasteiger partial charge is 0.481 e. The quantitative estimate of drug-likeness (QED) is 0.825. The van der Waals surface area contributed by atoms with Crippen LogP contribution in [0.2, 0.25) is 0 Å². The smallest absolute Gasteiger partial charge is 0.394 e. The number of carboxylic acids is 1. The molecule has 0 aromatic carbocycles. The Bertz CT molecular complexity index is 374. The molecule has 0 radical (unpaired) electrons. The van der Waals surface area contributed by atoms with Gasteiger partial charge in [-0.25, -0.2) is 0 Å². The zero-order valence-corrected chi connectivity index (χ0v) is 10.1. The lowest BCUT2D eigenvalue weighted by Gasteiger charge is -2.62. The van der Waals surface area contributed by atoms with E-state index in [9.17, 15) is 18.0 Å². The second-order valence-electron chi connectivity index (χ2n) is 6.81. The minimum atomic E-state index is -4.17. The van der Waals surface area contributed by atoms with E-state index in [-0.39, 0.29) is 37.5 Å². The molecule has 0 aromatic rings. The van der Waals surface area contributed by atoms with Gasteiger partial charge >= 0.3 is 12.1 Å². The molecule has 4 rings (SSSR count). The predicted octanol–water partition coefficient (Wildman–Crippen LogP) is 3.61. The number of hydrogen-bond donors (Lipinski definition) is 1.